The zero-order valence-corrected chi connectivity index (χ0v) is 19.7. The number of rotatable bonds is 3. The third-order valence-electron chi connectivity index (χ3n) is 6.23. The van der Waals surface area contributed by atoms with Gasteiger partial charge in [-0.05, 0) is 41.3 Å². The minimum Gasteiger partial charge on any atom is -0.309 e. The van der Waals surface area contributed by atoms with Crippen molar-refractivity contribution in [2.24, 2.45) is 0 Å². The van der Waals surface area contributed by atoms with Crippen molar-refractivity contribution in [3.63, 3.8) is 0 Å². The van der Waals surface area contributed by atoms with E-state index in [1.54, 1.807) is 57.0 Å². The molecule has 164 valence electrons. The number of aromatic nitrogens is 2. The topological polar surface area (TPSA) is 66.4 Å². The molecule has 1 saturated heterocycles. The van der Waals surface area contributed by atoms with Crippen LogP contribution in [0.3, 0.4) is 0 Å². The summed E-state index contributed by atoms with van der Waals surface area (Å²) < 4.78 is 0. The quantitative estimate of drug-likeness (QED) is 0.407. The molecular formula is C24H17ClN4O2S2. The normalized spacial score (nSPS) is 19.5. The molecule has 1 atom stereocenters. The maximum Gasteiger partial charge on any atom is 0.275 e. The van der Waals surface area contributed by atoms with Gasteiger partial charge in [-0.3, -0.25) is 14.6 Å². The second-order valence-corrected chi connectivity index (χ2v) is 10.2. The Labute approximate surface area is 203 Å². The van der Waals surface area contributed by atoms with Crippen LogP contribution in [0.2, 0.25) is 5.02 Å². The smallest absolute Gasteiger partial charge is 0.275 e. The molecule has 0 aliphatic carbocycles. The number of benzene rings is 1. The number of pyridine rings is 1. The Morgan fingerprint density at radius 2 is 1.91 bits per heavy atom. The third kappa shape index (κ3) is 3.13. The molecule has 2 aliphatic heterocycles. The summed E-state index contributed by atoms with van der Waals surface area (Å²) in [6.45, 7) is 0.844. The van der Waals surface area contributed by atoms with Crippen molar-refractivity contribution < 1.29 is 9.59 Å². The molecule has 2 aliphatic rings. The van der Waals surface area contributed by atoms with Crippen LogP contribution in [0.4, 0.5) is 0 Å². The third-order valence-corrected chi connectivity index (χ3v) is 8.36. The van der Waals surface area contributed by atoms with Crippen molar-refractivity contribution in [2.45, 2.75) is 12.1 Å². The van der Waals surface area contributed by atoms with Crippen LogP contribution in [-0.2, 0) is 12.1 Å². The number of fused-ring (bicyclic) bond motifs is 2. The van der Waals surface area contributed by atoms with Gasteiger partial charge in [0.15, 0.2) is 0 Å². The van der Waals surface area contributed by atoms with Gasteiger partial charge in [-0.1, -0.05) is 29.8 Å². The van der Waals surface area contributed by atoms with Gasteiger partial charge < -0.3 is 9.80 Å². The first-order valence-corrected chi connectivity index (χ1v) is 12.5. The standard InChI is InChI=1S/C24H17ClN4O2S2/c25-16-7-5-15(6-8-16)24-13-18-17(3-1-9-26-18)22(30)28(24)10-11-29(24)23(31)19-14-33-21(27-19)20-4-2-12-32-20/h1-9,12,14H,10-11,13H2/t24-/m0/s1. The van der Waals surface area contributed by atoms with Gasteiger partial charge in [-0.2, -0.15) is 0 Å². The van der Waals surface area contributed by atoms with E-state index in [9.17, 15) is 9.59 Å². The van der Waals surface area contributed by atoms with E-state index in [2.05, 4.69) is 9.97 Å². The van der Waals surface area contributed by atoms with E-state index >= 15 is 0 Å². The number of carbonyl (C=O) groups is 2. The van der Waals surface area contributed by atoms with Crippen molar-refractivity contribution in [1.29, 1.82) is 0 Å². The highest BCUT2D eigenvalue weighted by Gasteiger charge is 2.56. The SMILES string of the molecule is O=C(c1csc(-c2cccs2)n1)N1CCN2C(=O)c3cccnc3C[C@@]12c1ccc(Cl)cc1. The molecule has 3 aromatic heterocycles. The van der Waals surface area contributed by atoms with E-state index in [1.807, 2.05) is 29.6 Å². The van der Waals surface area contributed by atoms with Crippen LogP contribution >= 0.6 is 34.3 Å². The maximum atomic E-state index is 13.8. The molecule has 6 rings (SSSR count). The van der Waals surface area contributed by atoms with Gasteiger partial charge in [0, 0.05) is 36.1 Å². The predicted octanol–water partition coefficient (Wildman–Crippen LogP) is 4.93. The lowest BCUT2D eigenvalue weighted by Crippen LogP contribution is -2.58. The van der Waals surface area contributed by atoms with E-state index in [-0.39, 0.29) is 11.8 Å². The van der Waals surface area contributed by atoms with Crippen LogP contribution in [0.15, 0.2) is 65.5 Å². The molecule has 6 nitrogen and oxygen atoms in total. The summed E-state index contributed by atoms with van der Waals surface area (Å²) in [5.41, 5.74) is 1.51. The van der Waals surface area contributed by atoms with Gasteiger partial charge in [0.25, 0.3) is 11.8 Å². The van der Waals surface area contributed by atoms with E-state index < -0.39 is 5.66 Å². The molecule has 0 N–H and O–H groups in total. The summed E-state index contributed by atoms with van der Waals surface area (Å²) in [5.74, 6) is -0.314. The van der Waals surface area contributed by atoms with Gasteiger partial charge in [-0.15, -0.1) is 22.7 Å². The minimum absolute atomic E-state index is 0.118. The molecule has 5 heterocycles. The number of halogens is 1. The van der Waals surface area contributed by atoms with E-state index in [0.717, 1.165) is 15.4 Å². The van der Waals surface area contributed by atoms with E-state index in [0.29, 0.717) is 41.5 Å². The number of nitrogens with zero attached hydrogens (tertiary/aromatic N) is 4. The average molecular weight is 493 g/mol. The lowest BCUT2D eigenvalue weighted by Gasteiger charge is -2.46. The Kier molecular flexibility index (Phi) is 4.83. The van der Waals surface area contributed by atoms with Gasteiger partial charge >= 0.3 is 0 Å². The fourth-order valence-corrected chi connectivity index (χ4v) is 6.49. The highest BCUT2D eigenvalue weighted by molar-refractivity contribution is 7.20. The molecule has 33 heavy (non-hydrogen) atoms. The van der Waals surface area contributed by atoms with Crippen LogP contribution in [0.1, 0.15) is 32.1 Å². The van der Waals surface area contributed by atoms with Crippen molar-refractivity contribution in [3.8, 4) is 9.88 Å². The summed E-state index contributed by atoms with van der Waals surface area (Å²) >= 11 is 9.21. The highest BCUT2D eigenvalue weighted by Crippen LogP contribution is 2.45. The predicted molar refractivity (Wildman–Crippen MR) is 129 cm³/mol. The number of carbonyl (C=O) groups excluding carboxylic acids is 2. The van der Waals surface area contributed by atoms with Gasteiger partial charge in [0.2, 0.25) is 0 Å². The van der Waals surface area contributed by atoms with Crippen LogP contribution < -0.4 is 0 Å². The van der Waals surface area contributed by atoms with E-state index in [1.165, 1.54) is 11.3 Å². The van der Waals surface area contributed by atoms with E-state index in [4.69, 9.17) is 11.6 Å². The second kappa shape index (κ2) is 7.76. The molecule has 0 spiro atoms. The summed E-state index contributed by atoms with van der Waals surface area (Å²) in [5, 5.41) is 5.20. The van der Waals surface area contributed by atoms with Gasteiger partial charge in [0.05, 0.1) is 16.1 Å². The Bertz CT molecular complexity index is 1370. The minimum atomic E-state index is -0.979. The first-order chi connectivity index (χ1) is 16.1. The van der Waals surface area contributed by atoms with Crippen molar-refractivity contribution in [2.75, 3.05) is 13.1 Å². The summed E-state index contributed by atoms with van der Waals surface area (Å²) in [7, 11) is 0. The molecule has 0 radical (unpaired) electrons. The molecule has 2 amide bonds. The largest absolute Gasteiger partial charge is 0.309 e. The van der Waals surface area contributed by atoms with Crippen LogP contribution in [-0.4, -0.2) is 44.7 Å². The molecule has 0 saturated carbocycles. The zero-order chi connectivity index (χ0) is 22.6. The fourth-order valence-electron chi connectivity index (χ4n) is 4.75. The van der Waals surface area contributed by atoms with Crippen molar-refractivity contribution >= 4 is 46.1 Å². The van der Waals surface area contributed by atoms with Gasteiger partial charge in [0.1, 0.15) is 16.4 Å². The number of hydrogen-bond acceptors (Lipinski definition) is 6. The molecule has 1 aromatic carbocycles. The van der Waals surface area contributed by atoms with Crippen molar-refractivity contribution in [3.05, 3.63) is 93.0 Å². The molecule has 0 unspecified atom stereocenters. The Morgan fingerprint density at radius 1 is 1.06 bits per heavy atom. The number of thiazole rings is 1. The second-order valence-electron chi connectivity index (χ2n) is 7.93. The summed E-state index contributed by atoms with van der Waals surface area (Å²) in [6.07, 6.45) is 2.09. The Morgan fingerprint density at radius 3 is 2.70 bits per heavy atom. The molecule has 0 bridgehead atoms. The van der Waals surface area contributed by atoms with Crippen molar-refractivity contribution in [1.82, 2.24) is 19.8 Å². The molecule has 4 aromatic rings. The van der Waals surface area contributed by atoms with Crippen LogP contribution in [0, 0.1) is 0 Å². The summed E-state index contributed by atoms with van der Waals surface area (Å²) in [6, 6.07) is 14.9. The fraction of sp³-hybridized carbons (Fsp3) is 0.167. The van der Waals surface area contributed by atoms with Crippen LogP contribution in [0.25, 0.3) is 9.88 Å². The Balaban J connectivity index is 1.47. The number of hydrogen-bond donors (Lipinski definition) is 0. The molecule has 1 fully saturated rings. The Hall–Kier alpha value is -3.07. The number of thiophene rings is 1. The average Bonchev–Trinajstić information content (AvgIpc) is 3.59. The molecular weight excluding hydrogens is 476 g/mol. The van der Waals surface area contributed by atoms with Crippen LogP contribution in [0.5, 0.6) is 0 Å². The summed E-state index contributed by atoms with van der Waals surface area (Å²) in [4.78, 5) is 41.1. The number of amides is 2. The maximum absolute atomic E-state index is 13.8. The zero-order valence-electron chi connectivity index (χ0n) is 17.3. The highest BCUT2D eigenvalue weighted by atomic mass is 35.5. The molecule has 9 heteroatoms. The van der Waals surface area contributed by atoms with Gasteiger partial charge in [-0.25, -0.2) is 4.98 Å². The lowest BCUT2D eigenvalue weighted by molar-refractivity contribution is 0.00679. The first-order valence-electron chi connectivity index (χ1n) is 10.4. The lowest BCUT2D eigenvalue weighted by atomic mass is 9.86. The first kappa shape index (κ1) is 20.5. The monoisotopic (exact) mass is 492 g/mol.